The largest absolute Gasteiger partial charge is 1.00 e. The van der Waals surface area contributed by atoms with Crippen molar-refractivity contribution < 1.29 is 47.6 Å². The molecule has 0 aliphatic carbocycles. The summed E-state index contributed by atoms with van der Waals surface area (Å²) in [6, 6.07) is 3.71. The normalized spacial score (nSPS) is 9.79. The van der Waals surface area contributed by atoms with Crippen LogP contribution in [0, 0.1) is 0 Å². The van der Waals surface area contributed by atoms with Crippen molar-refractivity contribution in [2.45, 2.75) is 13.5 Å². The number of aromatic nitrogens is 1. The van der Waals surface area contributed by atoms with E-state index in [2.05, 4.69) is 4.74 Å². The summed E-state index contributed by atoms with van der Waals surface area (Å²) in [6.07, 6.45) is 6.72. The molecule has 0 aliphatic heterocycles. The fourth-order valence-electron chi connectivity index (χ4n) is 1.31. The molecule has 0 saturated heterocycles. The lowest BCUT2D eigenvalue weighted by Gasteiger charge is -1.99. The van der Waals surface area contributed by atoms with Gasteiger partial charge in [0.2, 0.25) is 0 Å². The number of halogens is 1. The molecule has 0 aliphatic rings. The van der Waals surface area contributed by atoms with Crippen LogP contribution in [0.15, 0.2) is 30.6 Å². The van der Waals surface area contributed by atoms with E-state index in [0.29, 0.717) is 13.2 Å². The van der Waals surface area contributed by atoms with Gasteiger partial charge < -0.3 is 33.5 Å². The van der Waals surface area contributed by atoms with Crippen molar-refractivity contribution in [2.75, 3.05) is 13.7 Å². The van der Waals surface area contributed by atoms with E-state index in [1.165, 1.54) is 20.1 Å². The van der Waals surface area contributed by atoms with Crippen LogP contribution in [0.5, 0.6) is 0 Å². The smallest absolute Gasteiger partial charge is 0.330 e. The molecule has 0 spiro atoms. The average Bonchev–Trinajstić information content (AvgIpc) is 2.36. The van der Waals surface area contributed by atoms with Crippen molar-refractivity contribution in [3.63, 3.8) is 0 Å². The van der Waals surface area contributed by atoms with E-state index in [9.17, 15) is 9.59 Å². The molecule has 0 aromatic carbocycles. The number of methoxy groups -OCH3 is 1. The molecule has 1 rings (SSSR count). The summed E-state index contributed by atoms with van der Waals surface area (Å²) in [5.41, 5.74) is 0.866. The standard InChI is InChI=1S/C13H16NO4.HI/c1-11(15)18-9-8-14-7-3-4-12(10-14)5-6-13(16)17-2;/h3-7,10H,8-9H2,1-2H3;1H/q+1;/p-1/b6-5+;. The van der Waals surface area contributed by atoms with Crippen LogP contribution in [0.25, 0.3) is 6.08 Å². The number of nitrogens with zero attached hydrogens (tertiary/aromatic N) is 1. The Morgan fingerprint density at radius 2 is 2.16 bits per heavy atom. The first kappa shape index (κ1) is 17.6. The molecule has 0 fully saturated rings. The van der Waals surface area contributed by atoms with Gasteiger partial charge in [0.25, 0.3) is 0 Å². The molecule has 5 nitrogen and oxygen atoms in total. The average molecular weight is 377 g/mol. The van der Waals surface area contributed by atoms with Gasteiger partial charge in [-0.15, -0.1) is 0 Å². The Bertz CT molecular complexity index is 460. The topological polar surface area (TPSA) is 56.5 Å². The van der Waals surface area contributed by atoms with Crippen molar-refractivity contribution in [2.24, 2.45) is 0 Å². The Hall–Kier alpha value is -1.44. The van der Waals surface area contributed by atoms with Crippen LogP contribution in [0.3, 0.4) is 0 Å². The van der Waals surface area contributed by atoms with Crippen molar-refractivity contribution >= 4 is 18.0 Å². The fourth-order valence-corrected chi connectivity index (χ4v) is 1.31. The number of carbonyl (C=O) groups is 2. The Morgan fingerprint density at radius 1 is 1.42 bits per heavy atom. The Labute approximate surface area is 129 Å². The number of esters is 2. The summed E-state index contributed by atoms with van der Waals surface area (Å²) in [6.45, 7) is 2.27. The predicted octanol–water partition coefficient (Wildman–Crippen LogP) is -2.27. The second kappa shape index (κ2) is 9.48. The second-order valence-electron chi connectivity index (χ2n) is 3.57. The molecule has 19 heavy (non-hydrogen) atoms. The van der Waals surface area contributed by atoms with Gasteiger partial charge in [-0.25, -0.2) is 9.36 Å². The first-order valence-electron chi connectivity index (χ1n) is 5.50. The van der Waals surface area contributed by atoms with Gasteiger partial charge >= 0.3 is 11.9 Å². The zero-order valence-corrected chi connectivity index (χ0v) is 13.0. The number of hydrogen-bond acceptors (Lipinski definition) is 4. The maximum Gasteiger partial charge on any atom is 0.330 e. The maximum absolute atomic E-state index is 10.9. The minimum absolute atomic E-state index is 0. The summed E-state index contributed by atoms with van der Waals surface area (Å²) >= 11 is 0. The highest BCUT2D eigenvalue weighted by Crippen LogP contribution is 1.98. The quantitative estimate of drug-likeness (QED) is 0.251. The van der Waals surface area contributed by atoms with E-state index in [0.717, 1.165) is 5.56 Å². The molecule has 0 saturated carbocycles. The number of carbonyl (C=O) groups excluding carboxylic acids is 2. The Morgan fingerprint density at radius 3 is 2.79 bits per heavy atom. The van der Waals surface area contributed by atoms with Crippen molar-refractivity contribution in [1.82, 2.24) is 0 Å². The van der Waals surface area contributed by atoms with Gasteiger partial charge in [0.1, 0.15) is 0 Å². The van der Waals surface area contributed by atoms with Gasteiger partial charge in [0, 0.05) is 24.6 Å². The lowest BCUT2D eigenvalue weighted by molar-refractivity contribution is -0.698. The molecule has 6 heteroatoms. The van der Waals surface area contributed by atoms with Crippen molar-refractivity contribution in [3.8, 4) is 0 Å². The molecule has 0 atom stereocenters. The van der Waals surface area contributed by atoms with Crippen molar-refractivity contribution in [1.29, 1.82) is 0 Å². The van der Waals surface area contributed by atoms with Crippen LogP contribution in [0.1, 0.15) is 12.5 Å². The molecule has 1 heterocycles. The molecule has 0 N–H and O–H groups in total. The Balaban J connectivity index is 0.00000324. The third-order valence-corrected chi connectivity index (χ3v) is 2.15. The fraction of sp³-hybridized carbons (Fsp3) is 0.308. The van der Waals surface area contributed by atoms with Gasteiger partial charge in [0.15, 0.2) is 25.5 Å². The van der Waals surface area contributed by atoms with E-state index >= 15 is 0 Å². The maximum atomic E-state index is 10.9. The molecule has 0 bridgehead atoms. The zero-order valence-electron chi connectivity index (χ0n) is 10.8. The molecular formula is C13H16INO4. The van der Waals surface area contributed by atoms with Crippen LogP contribution in [0.4, 0.5) is 0 Å². The van der Waals surface area contributed by atoms with Gasteiger partial charge in [-0.3, -0.25) is 4.79 Å². The van der Waals surface area contributed by atoms with Crippen LogP contribution in [-0.4, -0.2) is 25.7 Å². The van der Waals surface area contributed by atoms with E-state index in [-0.39, 0.29) is 29.9 Å². The van der Waals surface area contributed by atoms with Crippen molar-refractivity contribution in [3.05, 3.63) is 36.2 Å². The first-order chi connectivity index (χ1) is 8.61. The lowest BCUT2D eigenvalue weighted by Crippen LogP contribution is -3.00. The van der Waals surface area contributed by atoms with E-state index < -0.39 is 5.97 Å². The van der Waals surface area contributed by atoms with E-state index in [4.69, 9.17) is 4.74 Å². The third kappa shape index (κ3) is 7.55. The number of ether oxygens (including phenoxy) is 2. The number of hydrogen-bond donors (Lipinski definition) is 0. The van der Waals surface area contributed by atoms with Crippen LogP contribution in [0.2, 0.25) is 0 Å². The highest BCUT2D eigenvalue weighted by molar-refractivity contribution is 5.86. The summed E-state index contributed by atoms with van der Waals surface area (Å²) in [7, 11) is 1.33. The number of rotatable bonds is 5. The second-order valence-corrected chi connectivity index (χ2v) is 3.57. The highest BCUT2D eigenvalue weighted by atomic mass is 127. The zero-order chi connectivity index (χ0) is 13.4. The SMILES string of the molecule is COC(=O)/C=C/c1ccc[n+](CCOC(C)=O)c1.[I-]. The third-order valence-electron chi connectivity index (χ3n) is 2.15. The minimum Gasteiger partial charge on any atom is -1.00 e. The molecule has 0 unspecified atom stereocenters. The summed E-state index contributed by atoms with van der Waals surface area (Å²) < 4.78 is 11.2. The lowest BCUT2D eigenvalue weighted by atomic mass is 10.2. The number of pyridine rings is 1. The highest BCUT2D eigenvalue weighted by Gasteiger charge is 2.02. The predicted molar refractivity (Wildman–Crippen MR) is 64.3 cm³/mol. The van der Waals surface area contributed by atoms with Gasteiger partial charge in [-0.05, 0) is 12.1 Å². The molecule has 1 aromatic rings. The molecule has 1 aromatic heterocycles. The molecule has 0 radical (unpaired) electrons. The van der Waals surface area contributed by atoms with E-state index in [1.807, 2.05) is 29.1 Å². The summed E-state index contributed by atoms with van der Waals surface area (Å²) in [5.74, 6) is -0.692. The van der Waals surface area contributed by atoms with Gasteiger partial charge in [0.05, 0.1) is 7.11 Å². The monoisotopic (exact) mass is 377 g/mol. The van der Waals surface area contributed by atoms with Gasteiger partial charge in [-0.2, -0.15) is 0 Å². The Kier molecular flexibility index (Phi) is 8.77. The summed E-state index contributed by atoms with van der Waals surface area (Å²) in [4.78, 5) is 21.6. The van der Waals surface area contributed by atoms with Gasteiger partial charge in [-0.1, -0.05) is 0 Å². The molecular weight excluding hydrogens is 361 g/mol. The summed E-state index contributed by atoms with van der Waals surface area (Å²) in [5, 5.41) is 0. The molecule has 104 valence electrons. The molecule has 0 amide bonds. The van der Waals surface area contributed by atoms with Crippen LogP contribution in [-0.2, 0) is 25.6 Å². The van der Waals surface area contributed by atoms with Crippen LogP contribution < -0.4 is 28.5 Å². The van der Waals surface area contributed by atoms with E-state index in [1.54, 1.807) is 6.08 Å². The van der Waals surface area contributed by atoms with Crippen LogP contribution >= 0.6 is 0 Å². The first-order valence-corrected chi connectivity index (χ1v) is 5.50. The minimum atomic E-state index is -0.398.